The van der Waals surface area contributed by atoms with Crippen molar-refractivity contribution in [2.24, 2.45) is 5.92 Å². The lowest BCUT2D eigenvalue weighted by Crippen LogP contribution is -2.23. The molecule has 0 bridgehead atoms. The SMILES string of the molecule is Cc1ccccc1OC(C)CNc1cccc(OCCC(C)C)c1. The van der Waals surface area contributed by atoms with Crippen molar-refractivity contribution in [3.05, 3.63) is 54.1 Å². The first-order valence-electron chi connectivity index (χ1n) is 8.73. The lowest BCUT2D eigenvalue weighted by molar-refractivity contribution is 0.233. The van der Waals surface area contributed by atoms with Crippen molar-refractivity contribution in [2.45, 2.75) is 40.2 Å². The Labute approximate surface area is 146 Å². The molecule has 130 valence electrons. The molecule has 1 atom stereocenters. The van der Waals surface area contributed by atoms with Crippen LogP contribution in [0.5, 0.6) is 11.5 Å². The van der Waals surface area contributed by atoms with E-state index in [1.807, 2.05) is 36.4 Å². The van der Waals surface area contributed by atoms with Crippen LogP contribution in [0.3, 0.4) is 0 Å². The van der Waals surface area contributed by atoms with Gasteiger partial charge in [0.15, 0.2) is 0 Å². The molecule has 1 unspecified atom stereocenters. The quantitative estimate of drug-likeness (QED) is 0.678. The van der Waals surface area contributed by atoms with Gasteiger partial charge in [0.05, 0.1) is 13.2 Å². The lowest BCUT2D eigenvalue weighted by atomic mass is 10.1. The zero-order valence-electron chi connectivity index (χ0n) is 15.2. The third kappa shape index (κ3) is 6.15. The van der Waals surface area contributed by atoms with Crippen LogP contribution in [-0.2, 0) is 0 Å². The molecule has 0 aliphatic rings. The van der Waals surface area contributed by atoms with Crippen molar-refractivity contribution in [2.75, 3.05) is 18.5 Å². The average Bonchev–Trinajstić information content (AvgIpc) is 2.55. The van der Waals surface area contributed by atoms with Crippen molar-refractivity contribution in [1.82, 2.24) is 0 Å². The average molecular weight is 327 g/mol. The highest BCUT2D eigenvalue weighted by atomic mass is 16.5. The predicted octanol–water partition coefficient (Wildman–Crippen LogP) is 5.30. The Hall–Kier alpha value is -2.16. The van der Waals surface area contributed by atoms with Gasteiger partial charge in [-0.15, -0.1) is 0 Å². The summed E-state index contributed by atoms with van der Waals surface area (Å²) in [5.41, 5.74) is 2.21. The topological polar surface area (TPSA) is 30.5 Å². The van der Waals surface area contributed by atoms with Gasteiger partial charge >= 0.3 is 0 Å². The number of rotatable bonds is 9. The number of hydrogen-bond acceptors (Lipinski definition) is 3. The zero-order valence-corrected chi connectivity index (χ0v) is 15.2. The molecule has 0 saturated heterocycles. The molecule has 2 aromatic carbocycles. The van der Waals surface area contributed by atoms with E-state index >= 15 is 0 Å². The minimum Gasteiger partial charge on any atom is -0.494 e. The van der Waals surface area contributed by atoms with Crippen LogP contribution >= 0.6 is 0 Å². The van der Waals surface area contributed by atoms with Gasteiger partial charge in [-0.25, -0.2) is 0 Å². The maximum absolute atomic E-state index is 5.99. The summed E-state index contributed by atoms with van der Waals surface area (Å²) in [7, 11) is 0. The van der Waals surface area contributed by atoms with E-state index in [1.54, 1.807) is 0 Å². The number of benzene rings is 2. The Kier molecular flexibility index (Phi) is 6.98. The summed E-state index contributed by atoms with van der Waals surface area (Å²) in [6, 6.07) is 16.2. The van der Waals surface area contributed by atoms with Crippen LogP contribution in [0.25, 0.3) is 0 Å². The second-order valence-corrected chi connectivity index (χ2v) is 6.63. The number of anilines is 1. The summed E-state index contributed by atoms with van der Waals surface area (Å²) >= 11 is 0. The first-order chi connectivity index (χ1) is 11.5. The fourth-order valence-electron chi connectivity index (χ4n) is 2.32. The van der Waals surface area contributed by atoms with Gasteiger partial charge in [0, 0.05) is 11.8 Å². The van der Waals surface area contributed by atoms with Crippen molar-refractivity contribution in [3.8, 4) is 11.5 Å². The number of aryl methyl sites for hydroxylation is 1. The van der Waals surface area contributed by atoms with E-state index in [2.05, 4.69) is 45.1 Å². The van der Waals surface area contributed by atoms with E-state index in [1.165, 1.54) is 0 Å². The van der Waals surface area contributed by atoms with Crippen LogP contribution in [0.4, 0.5) is 5.69 Å². The van der Waals surface area contributed by atoms with E-state index in [0.717, 1.165) is 42.3 Å². The molecule has 0 heterocycles. The minimum absolute atomic E-state index is 0.0802. The number of para-hydroxylation sites is 1. The summed E-state index contributed by atoms with van der Waals surface area (Å²) in [5, 5.41) is 3.42. The molecule has 3 nitrogen and oxygen atoms in total. The van der Waals surface area contributed by atoms with Crippen LogP contribution in [-0.4, -0.2) is 19.3 Å². The normalized spacial score (nSPS) is 12.0. The van der Waals surface area contributed by atoms with Crippen molar-refractivity contribution in [1.29, 1.82) is 0 Å². The Morgan fingerprint density at radius 3 is 2.54 bits per heavy atom. The maximum Gasteiger partial charge on any atom is 0.122 e. The third-order valence-electron chi connectivity index (χ3n) is 3.81. The third-order valence-corrected chi connectivity index (χ3v) is 3.81. The van der Waals surface area contributed by atoms with Crippen LogP contribution < -0.4 is 14.8 Å². The molecule has 0 aliphatic heterocycles. The Morgan fingerprint density at radius 1 is 1.00 bits per heavy atom. The Balaban J connectivity index is 1.82. The van der Waals surface area contributed by atoms with Gasteiger partial charge in [-0.3, -0.25) is 0 Å². The van der Waals surface area contributed by atoms with Gasteiger partial charge in [0.25, 0.3) is 0 Å². The summed E-state index contributed by atoms with van der Waals surface area (Å²) in [6.07, 6.45) is 1.15. The first kappa shape index (κ1) is 18.2. The van der Waals surface area contributed by atoms with Gasteiger partial charge in [-0.2, -0.15) is 0 Å². The van der Waals surface area contributed by atoms with E-state index in [9.17, 15) is 0 Å². The number of ether oxygens (including phenoxy) is 2. The highest BCUT2D eigenvalue weighted by Crippen LogP contribution is 2.20. The van der Waals surface area contributed by atoms with Crippen LogP contribution in [0.15, 0.2) is 48.5 Å². The molecule has 0 aromatic heterocycles. The zero-order chi connectivity index (χ0) is 17.4. The van der Waals surface area contributed by atoms with E-state index in [4.69, 9.17) is 9.47 Å². The highest BCUT2D eigenvalue weighted by molar-refractivity contribution is 5.48. The standard InChI is InChI=1S/C21H29NO2/c1-16(2)12-13-23-20-10-7-9-19(14-20)22-15-18(4)24-21-11-6-5-8-17(21)3/h5-11,14,16,18,22H,12-13,15H2,1-4H3. The molecule has 0 amide bonds. The molecular formula is C21H29NO2. The predicted molar refractivity (Wildman–Crippen MR) is 101 cm³/mol. The van der Waals surface area contributed by atoms with Crippen molar-refractivity contribution >= 4 is 5.69 Å². The molecule has 1 N–H and O–H groups in total. The fourth-order valence-corrected chi connectivity index (χ4v) is 2.32. The summed E-state index contributed by atoms with van der Waals surface area (Å²) in [6.45, 7) is 10.0. The van der Waals surface area contributed by atoms with Gasteiger partial charge in [-0.1, -0.05) is 38.1 Å². The fraction of sp³-hybridized carbons (Fsp3) is 0.429. The molecule has 0 fully saturated rings. The molecule has 2 rings (SSSR count). The number of hydrogen-bond donors (Lipinski definition) is 1. The number of nitrogens with one attached hydrogen (secondary N) is 1. The molecule has 3 heteroatoms. The monoisotopic (exact) mass is 327 g/mol. The summed E-state index contributed by atoms with van der Waals surface area (Å²) in [4.78, 5) is 0. The van der Waals surface area contributed by atoms with Gasteiger partial charge in [0.1, 0.15) is 17.6 Å². The molecule has 0 radical (unpaired) electrons. The first-order valence-corrected chi connectivity index (χ1v) is 8.73. The molecule has 0 saturated carbocycles. The molecule has 2 aromatic rings. The van der Waals surface area contributed by atoms with Gasteiger partial charge in [0.2, 0.25) is 0 Å². The molecule has 0 aliphatic carbocycles. The lowest BCUT2D eigenvalue weighted by Gasteiger charge is -2.18. The van der Waals surface area contributed by atoms with Gasteiger partial charge in [-0.05, 0) is 49.9 Å². The molecule has 24 heavy (non-hydrogen) atoms. The molecular weight excluding hydrogens is 298 g/mol. The highest BCUT2D eigenvalue weighted by Gasteiger charge is 2.06. The van der Waals surface area contributed by atoms with Crippen molar-refractivity contribution in [3.63, 3.8) is 0 Å². The maximum atomic E-state index is 5.99. The van der Waals surface area contributed by atoms with Crippen LogP contribution in [0.1, 0.15) is 32.8 Å². The Morgan fingerprint density at radius 2 is 1.79 bits per heavy atom. The summed E-state index contributed by atoms with van der Waals surface area (Å²) < 4.78 is 11.8. The largest absolute Gasteiger partial charge is 0.494 e. The second kappa shape index (κ2) is 9.21. The Bertz CT molecular complexity index is 625. The van der Waals surface area contributed by atoms with E-state index < -0.39 is 0 Å². The van der Waals surface area contributed by atoms with E-state index in [0.29, 0.717) is 5.92 Å². The second-order valence-electron chi connectivity index (χ2n) is 6.63. The smallest absolute Gasteiger partial charge is 0.122 e. The summed E-state index contributed by atoms with van der Waals surface area (Å²) in [5.74, 6) is 2.51. The van der Waals surface area contributed by atoms with E-state index in [-0.39, 0.29) is 6.10 Å². The van der Waals surface area contributed by atoms with Crippen molar-refractivity contribution < 1.29 is 9.47 Å². The van der Waals surface area contributed by atoms with Crippen LogP contribution in [0.2, 0.25) is 0 Å². The molecule has 0 spiro atoms. The minimum atomic E-state index is 0.0802. The van der Waals surface area contributed by atoms with Gasteiger partial charge < -0.3 is 14.8 Å². The van der Waals surface area contributed by atoms with Crippen LogP contribution in [0, 0.1) is 12.8 Å².